The number of aliphatic hydroxyl groups excluding tert-OH is 1. The number of nitrogens with one attached hydrogen (secondary N) is 1. The van der Waals surface area contributed by atoms with Crippen LogP contribution in [0.15, 0.2) is 18.2 Å². The molecular formula is C14H23ClN2O. The molecule has 0 heterocycles. The first-order valence-corrected chi connectivity index (χ1v) is 6.95. The molecule has 0 saturated heterocycles. The lowest BCUT2D eigenvalue weighted by molar-refractivity contribution is 0.301. The number of halogens is 1. The molecule has 0 aliphatic rings. The van der Waals surface area contributed by atoms with Gasteiger partial charge in [-0.2, -0.15) is 0 Å². The van der Waals surface area contributed by atoms with Gasteiger partial charge in [0.2, 0.25) is 0 Å². The molecule has 2 N–H and O–H groups in total. The maximum atomic E-state index is 9.17. The average Bonchev–Trinajstić information content (AvgIpc) is 2.37. The summed E-state index contributed by atoms with van der Waals surface area (Å²) in [7, 11) is 0. The lowest BCUT2D eigenvalue weighted by atomic mass is 10.1. The van der Waals surface area contributed by atoms with Gasteiger partial charge >= 0.3 is 0 Å². The minimum absolute atomic E-state index is 0.160. The molecule has 0 aliphatic carbocycles. The number of nitrogens with zero attached hydrogens (tertiary/aromatic N) is 1. The van der Waals surface area contributed by atoms with Crippen LogP contribution in [-0.2, 0) is 6.54 Å². The second-order valence-electron chi connectivity index (χ2n) is 4.26. The molecule has 1 rings (SSSR count). The molecule has 0 unspecified atom stereocenters. The van der Waals surface area contributed by atoms with E-state index in [-0.39, 0.29) is 6.61 Å². The molecule has 0 atom stereocenters. The van der Waals surface area contributed by atoms with Gasteiger partial charge in [0, 0.05) is 30.3 Å². The summed E-state index contributed by atoms with van der Waals surface area (Å²) in [4.78, 5) is 2.19. The van der Waals surface area contributed by atoms with Crippen LogP contribution in [0.4, 0.5) is 5.69 Å². The lowest BCUT2D eigenvalue weighted by Gasteiger charge is -2.26. The molecule has 0 amide bonds. The standard InChI is InChI=1S/C14H23ClN2O/c1-3-7-17(8-9-18)14-10-13(15)6-5-12(14)11-16-4-2/h5-6,10,16,18H,3-4,7-9,11H2,1-2H3. The van der Waals surface area contributed by atoms with E-state index in [0.29, 0.717) is 6.54 Å². The summed E-state index contributed by atoms with van der Waals surface area (Å²) in [6.45, 7) is 7.73. The van der Waals surface area contributed by atoms with Crippen molar-refractivity contribution in [1.82, 2.24) is 5.32 Å². The highest BCUT2D eigenvalue weighted by molar-refractivity contribution is 6.30. The Balaban J connectivity index is 2.96. The van der Waals surface area contributed by atoms with Crippen molar-refractivity contribution in [3.05, 3.63) is 28.8 Å². The number of benzene rings is 1. The van der Waals surface area contributed by atoms with Gasteiger partial charge in [0.1, 0.15) is 0 Å². The maximum absolute atomic E-state index is 9.17. The van der Waals surface area contributed by atoms with Crippen LogP contribution in [0.1, 0.15) is 25.8 Å². The monoisotopic (exact) mass is 270 g/mol. The summed E-state index contributed by atoms with van der Waals surface area (Å²) in [5.41, 5.74) is 2.35. The van der Waals surface area contributed by atoms with Crippen LogP contribution in [0, 0.1) is 0 Å². The molecular weight excluding hydrogens is 248 g/mol. The van der Waals surface area contributed by atoms with Gasteiger partial charge in [-0.1, -0.05) is 31.5 Å². The third-order valence-corrected chi connectivity index (χ3v) is 3.05. The first-order chi connectivity index (χ1) is 8.72. The smallest absolute Gasteiger partial charge is 0.0606 e. The second-order valence-corrected chi connectivity index (χ2v) is 4.70. The lowest BCUT2D eigenvalue weighted by Crippen LogP contribution is -2.29. The summed E-state index contributed by atoms with van der Waals surface area (Å²) in [6, 6.07) is 5.96. The van der Waals surface area contributed by atoms with E-state index in [1.807, 2.05) is 12.1 Å². The van der Waals surface area contributed by atoms with Crippen molar-refractivity contribution in [3.8, 4) is 0 Å². The third kappa shape index (κ3) is 4.48. The van der Waals surface area contributed by atoms with Crippen LogP contribution in [0.5, 0.6) is 0 Å². The van der Waals surface area contributed by atoms with Crippen LogP contribution in [-0.4, -0.2) is 31.3 Å². The fraction of sp³-hybridized carbons (Fsp3) is 0.571. The quantitative estimate of drug-likeness (QED) is 0.762. The SMILES string of the molecule is CCCN(CCO)c1cc(Cl)ccc1CNCC. The molecule has 0 bridgehead atoms. The van der Waals surface area contributed by atoms with E-state index in [1.165, 1.54) is 5.56 Å². The fourth-order valence-corrected chi connectivity index (χ4v) is 2.15. The number of rotatable bonds is 8. The molecule has 0 aromatic heterocycles. The molecule has 18 heavy (non-hydrogen) atoms. The molecule has 0 radical (unpaired) electrons. The molecule has 102 valence electrons. The van der Waals surface area contributed by atoms with Crippen molar-refractivity contribution in [3.63, 3.8) is 0 Å². The van der Waals surface area contributed by atoms with Gasteiger partial charge in [0.05, 0.1) is 6.61 Å². The van der Waals surface area contributed by atoms with Crippen LogP contribution >= 0.6 is 11.6 Å². The summed E-state index contributed by atoms with van der Waals surface area (Å²) in [6.07, 6.45) is 1.05. The zero-order chi connectivity index (χ0) is 13.4. The van der Waals surface area contributed by atoms with Crippen molar-refractivity contribution in [1.29, 1.82) is 0 Å². The third-order valence-electron chi connectivity index (χ3n) is 2.82. The van der Waals surface area contributed by atoms with E-state index in [1.54, 1.807) is 0 Å². The Bertz CT molecular complexity index is 352. The molecule has 1 aromatic rings. The van der Waals surface area contributed by atoms with Crippen molar-refractivity contribution < 1.29 is 5.11 Å². The van der Waals surface area contributed by atoms with E-state index in [9.17, 15) is 5.11 Å². The van der Waals surface area contributed by atoms with Crippen molar-refractivity contribution in [2.75, 3.05) is 31.1 Å². The van der Waals surface area contributed by atoms with E-state index in [4.69, 9.17) is 11.6 Å². The highest BCUT2D eigenvalue weighted by Crippen LogP contribution is 2.25. The number of anilines is 1. The minimum Gasteiger partial charge on any atom is -0.395 e. The Kier molecular flexibility index (Phi) is 7.09. The van der Waals surface area contributed by atoms with Crippen LogP contribution < -0.4 is 10.2 Å². The van der Waals surface area contributed by atoms with Crippen molar-refractivity contribution in [2.24, 2.45) is 0 Å². The first-order valence-electron chi connectivity index (χ1n) is 6.57. The van der Waals surface area contributed by atoms with Gasteiger partial charge in [0.25, 0.3) is 0 Å². The van der Waals surface area contributed by atoms with Crippen LogP contribution in [0.2, 0.25) is 5.02 Å². The summed E-state index contributed by atoms with van der Waals surface area (Å²) in [5.74, 6) is 0. The highest BCUT2D eigenvalue weighted by Gasteiger charge is 2.10. The van der Waals surface area contributed by atoms with Crippen LogP contribution in [0.25, 0.3) is 0 Å². The predicted molar refractivity (Wildman–Crippen MR) is 78.4 cm³/mol. The predicted octanol–water partition coefficient (Wildman–Crippen LogP) is 2.66. The molecule has 1 aromatic carbocycles. The Morgan fingerprint density at radius 3 is 2.67 bits per heavy atom. The first kappa shape index (κ1) is 15.3. The van der Waals surface area contributed by atoms with Gasteiger partial charge in [-0.25, -0.2) is 0 Å². The van der Waals surface area contributed by atoms with Gasteiger partial charge in [0.15, 0.2) is 0 Å². The Morgan fingerprint density at radius 1 is 1.28 bits per heavy atom. The largest absolute Gasteiger partial charge is 0.395 e. The summed E-state index contributed by atoms with van der Waals surface area (Å²) < 4.78 is 0. The summed E-state index contributed by atoms with van der Waals surface area (Å²) >= 11 is 6.09. The molecule has 0 fully saturated rings. The Labute approximate surface area is 115 Å². The molecule has 0 spiro atoms. The zero-order valence-electron chi connectivity index (χ0n) is 11.2. The van der Waals surface area contributed by atoms with Gasteiger partial charge in [-0.3, -0.25) is 0 Å². The van der Waals surface area contributed by atoms with Gasteiger partial charge < -0.3 is 15.3 Å². The van der Waals surface area contributed by atoms with Crippen molar-refractivity contribution >= 4 is 17.3 Å². The van der Waals surface area contributed by atoms with Crippen molar-refractivity contribution in [2.45, 2.75) is 26.8 Å². The number of aliphatic hydroxyl groups is 1. The zero-order valence-corrected chi connectivity index (χ0v) is 12.0. The number of hydrogen-bond donors (Lipinski definition) is 2. The number of hydrogen-bond acceptors (Lipinski definition) is 3. The van der Waals surface area contributed by atoms with E-state index in [0.717, 1.165) is 36.8 Å². The Morgan fingerprint density at radius 2 is 2.06 bits per heavy atom. The Hall–Kier alpha value is -0.770. The van der Waals surface area contributed by atoms with Gasteiger partial charge in [-0.05, 0) is 30.7 Å². The maximum Gasteiger partial charge on any atom is 0.0606 e. The molecule has 0 aliphatic heterocycles. The van der Waals surface area contributed by atoms with E-state index >= 15 is 0 Å². The molecule has 4 heteroatoms. The normalized spacial score (nSPS) is 10.7. The second kappa shape index (κ2) is 8.35. The summed E-state index contributed by atoms with van der Waals surface area (Å²) in [5, 5.41) is 13.2. The van der Waals surface area contributed by atoms with Crippen LogP contribution in [0.3, 0.4) is 0 Å². The highest BCUT2D eigenvalue weighted by atomic mass is 35.5. The molecule has 0 saturated carbocycles. The van der Waals surface area contributed by atoms with E-state index < -0.39 is 0 Å². The minimum atomic E-state index is 0.160. The fourth-order valence-electron chi connectivity index (χ4n) is 1.98. The average molecular weight is 271 g/mol. The molecule has 3 nitrogen and oxygen atoms in total. The van der Waals surface area contributed by atoms with Gasteiger partial charge in [-0.15, -0.1) is 0 Å². The van der Waals surface area contributed by atoms with E-state index in [2.05, 4.69) is 30.1 Å². The topological polar surface area (TPSA) is 35.5 Å².